The van der Waals surface area contributed by atoms with Crippen LogP contribution >= 0.6 is 11.3 Å². The second kappa shape index (κ2) is 8.02. The molecule has 1 saturated heterocycles. The van der Waals surface area contributed by atoms with Crippen molar-refractivity contribution in [3.8, 4) is 0 Å². The van der Waals surface area contributed by atoms with Crippen LogP contribution in [0.3, 0.4) is 0 Å². The van der Waals surface area contributed by atoms with Gasteiger partial charge in [-0.05, 0) is 37.6 Å². The number of ether oxygens (including phenoxy) is 1. The van der Waals surface area contributed by atoms with E-state index in [1.165, 1.54) is 4.88 Å². The van der Waals surface area contributed by atoms with Crippen molar-refractivity contribution >= 4 is 23.3 Å². The summed E-state index contributed by atoms with van der Waals surface area (Å²) in [6, 6.07) is 4.08. The number of thiophene rings is 1. The minimum Gasteiger partial charge on any atom is -0.450 e. The van der Waals surface area contributed by atoms with Crippen LogP contribution in [-0.2, 0) is 16.0 Å². The monoisotopic (exact) mass is 310 g/mol. The molecule has 1 aliphatic heterocycles. The van der Waals surface area contributed by atoms with Crippen LogP contribution in [0.15, 0.2) is 17.5 Å². The van der Waals surface area contributed by atoms with Gasteiger partial charge in [-0.1, -0.05) is 6.07 Å². The summed E-state index contributed by atoms with van der Waals surface area (Å²) in [6.45, 7) is 3.94. The van der Waals surface area contributed by atoms with E-state index >= 15 is 0 Å². The maximum Gasteiger partial charge on any atom is 0.409 e. The molecule has 2 heterocycles. The van der Waals surface area contributed by atoms with Crippen LogP contribution in [0.4, 0.5) is 4.79 Å². The molecule has 21 heavy (non-hydrogen) atoms. The number of rotatable bonds is 5. The van der Waals surface area contributed by atoms with E-state index < -0.39 is 0 Å². The topological polar surface area (TPSA) is 58.6 Å². The van der Waals surface area contributed by atoms with Crippen molar-refractivity contribution in [2.75, 3.05) is 26.2 Å². The van der Waals surface area contributed by atoms with Gasteiger partial charge in [0.25, 0.3) is 0 Å². The normalized spacial score (nSPS) is 18.3. The van der Waals surface area contributed by atoms with Gasteiger partial charge in [-0.25, -0.2) is 4.79 Å². The van der Waals surface area contributed by atoms with Crippen LogP contribution < -0.4 is 5.32 Å². The molecule has 1 aromatic rings. The first-order valence-corrected chi connectivity index (χ1v) is 8.30. The SMILES string of the molecule is CCOC(=O)N1CCCC(C(=O)NCCc2cccs2)C1. The Morgan fingerprint density at radius 1 is 1.52 bits per heavy atom. The highest BCUT2D eigenvalue weighted by molar-refractivity contribution is 7.09. The van der Waals surface area contributed by atoms with Crippen LogP contribution in [0, 0.1) is 5.92 Å². The van der Waals surface area contributed by atoms with E-state index in [1.807, 2.05) is 11.4 Å². The van der Waals surface area contributed by atoms with Gasteiger partial charge in [0, 0.05) is 24.5 Å². The zero-order valence-electron chi connectivity index (χ0n) is 12.3. The first-order valence-electron chi connectivity index (χ1n) is 7.42. The molecule has 0 aromatic carbocycles. The van der Waals surface area contributed by atoms with Gasteiger partial charge in [-0.2, -0.15) is 0 Å². The zero-order chi connectivity index (χ0) is 15.1. The predicted molar refractivity (Wildman–Crippen MR) is 82.4 cm³/mol. The van der Waals surface area contributed by atoms with Gasteiger partial charge in [-0.3, -0.25) is 4.79 Å². The molecule has 0 spiro atoms. The Morgan fingerprint density at radius 2 is 2.38 bits per heavy atom. The van der Waals surface area contributed by atoms with E-state index in [0.717, 1.165) is 19.3 Å². The number of hydrogen-bond acceptors (Lipinski definition) is 4. The highest BCUT2D eigenvalue weighted by Gasteiger charge is 2.28. The molecule has 6 heteroatoms. The van der Waals surface area contributed by atoms with Crippen LogP contribution in [0.25, 0.3) is 0 Å². The molecule has 1 atom stereocenters. The number of nitrogens with zero attached hydrogens (tertiary/aromatic N) is 1. The van der Waals surface area contributed by atoms with Gasteiger partial charge in [0.2, 0.25) is 5.91 Å². The fraction of sp³-hybridized carbons (Fsp3) is 0.600. The van der Waals surface area contributed by atoms with Gasteiger partial charge in [0.15, 0.2) is 0 Å². The van der Waals surface area contributed by atoms with Crippen molar-refractivity contribution in [2.45, 2.75) is 26.2 Å². The Kier molecular flexibility index (Phi) is 6.04. The molecular formula is C15H22N2O3S. The summed E-state index contributed by atoms with van der Waals surface area (Å²) in [5.74, 6) is -0.0768. The highest BCUT2D eigenvalue weighted by atomic mass is 32.1. The Bertz CT molecular complexity index is 461. The number of carbonyl (C=O) groups excluding carboxylic acids is 2. The number of hydrogen-bond donors (Lipinski definition) is 1. The molecule has 1 fully saturated rings. The van der Waals surface area contributed by atoms with Gasteiger partial charge >= 0.3 is 6.09 Å². The van der Waals surface area contributed by atoms with Crippen molar-refractivity contribution in [2.24, 2.45) is 5.92 Å². The van der Waals surface area contributed by atoms with Crippen LogP contribution in [-0.4, -0.2) is 43.1 Å². The van der Waals surface area contributed by atoms with Crippen molar-refractivity contribution < 1.29 is 14.3 Å². The minimum atomic E-state index is -0.311. The molecule has 2 amide bonds. The van der Waals surface area contributed by atoms with Gasteiger partial charge in [0.1, 0.15) is 0 Å². The maximum atomic E-state index is 12.2. The van der Waals surface area contributed by atoms with Crippen molar-refractivity contribution in [1.29, 1.82) is 0 Å². The van der Waals surface area contributed by atoms with Crippen molar-refractivity contribution in [3.05, 3.63) is 22.4 Å². The number of piperidine rings is 1. The zero-order valence-corrected chi connectivity index (χ0v) is 13.2. The lowest BCUT2D eigenvalue weighted by molar-refractivity contribution is -0.126. The van der Waals surface area contributed by atoms with Crippen LogP contribution in [0.2, 0.25) is 0 Å². The average molecular weight is 310 g/mol. The lowest BCUT2D eigenvalue weighted by atomic mass is 9.97. The van der Waals surface area contributed by atoms with Gasteiger partial charge < -0.3 is 15.0 Å². The van der Waals surface area contributed by atoms with E-state index in [2.05, 4.69) is 11.4 Å². The van der Waals surface area contributed by atoms with Gasteiger partial charge in [0.05, 0.1) is 12.5 Å². The summed E-state index contributed by atoms with van der Waals surface area (Å²) in [5, 5.41) is 5.01. The molecule has 0 bridgehead atoms. The molecule has 116 valence electrons. The van der Waals surface area contributed by atoms with E-state index in [9.17, 15) is 9.59 Å². The average Bonchev–Trinajstić information content (AvgIpc) is 3.01. The first-order chi connectivity index (χ1) is 10.2. The molecule has 1 N–H and O–H groups in total. The van der Waals surface area contributed by atoms with E-state index in [-0.39, 0.29) is 17.9 Å². The molecule has 1 unspecified atom stereocenters. The molecule has 1 aromatic heterocycles. The van der Waals surface area contributed by atoms with Crippen molar-refractivity contribution in [3.63, 3.8) is 0 Å². The fourth-order valence-electron chi connectivity index (χ4n) is 2.48. The van der Waals surface area contributed by atoms with Crippen molar-refractivity contribution in [1.82, 2.24) is 10.2 Å². The third kappa shape index (κ3) is 4.74. The quantitative estimate of drug-likeness (QED) is 0.907. The molecule has 2 rings (SSSR count). The standard InChI is InChI=1S/C15H22N2O3S/c1-2-20-15(19)17-9-3-5-12(11-17)14(18)16-8-7-13-6-4-10-21-13/h4,6,10,12H,2-3,5,7-9,11H2,1H3,(H,16,18). The summed E-state index contributed by atoms with van der Waals surface area (Å²) in [7, 11) is 0. The third-order valence-electron chi connectivity index (χ3n) is 3.57. The number of likely N-dealkylation sites (tertiary alicyclic amines) is 1. The van der Waals surface area contributed by atoms with E-state index in [1.54, 1.807) is 23.2 Å². The third-order valence-corrected chi connectivity index (χ3v) is 4.51. The minimum absolute atomic E-state index is 0.0422. The van der Waals surface area contributed by atoms with Crippen LogP contribution in [0.1, 0.15) is 24.6 Å². The summed E-state index contributed by atoms with van der Waals surface area (Å²) in [4.78, 5) is 26.8. The summed E-state index contributed by atoms with van der Waals surface area (Å²) < 4.78 is 5.00. The molecular weight excluding hydrogens is 288 g/mol. The molecule has 0 aliphatic carbocycles. The molecule has 5 nitrogen and oxygen atoms in total. The largest absolute Gasteiger partial charge is 0.450 e. The summed E-state index contributed by atoms with van der Waals surface area (Å²) in [6.07, 6.45) is 2.23. The molecule has 0 saturated carbocycles. The lowest BCUT2D eigenvalue weighted by Gasteiger charge is -2.31. The van der Waals surface area contributed by atoms with Gasteiger partial charge in [-0.15, -0.1) is 11.3 Å². The second-order valence-electron chi connectivity index (χ2n) is 5.10. The Labute approximate surface area is 129 Å². The second-order valence-corrected chi connectivity index (χ2v) is 6.14. The number of nitrogens with one attached hydrogen (secondary N) is 1. The Hall–Kier alpha value is -1.56. The first kappa shape index (κ1) is 15.8. The predicted octanol–water partition coefficient (Wildman–Crippen LogP) is 2.28. The Morgan fingerprint density at radius 3 is 3.10 bits per heavy atom. The Balaban J connectivity index is 1.75. The summed E-state index contributed by atoms with van der Waals surface area (Å²) in [5.41, 5.74) is 0. The lowest BCUT2D eigenvalue weighted by Crippen LogP contribution is -2.45. The summed E-state index contributed by atoms with van der Waals surface area (Å²) >= 11 is 1.70. The highest BCUT2D eigenvalue weighted by Crippen LogP contribution is 2.17. The molecule has 0 radical (unpaired) electrons. The van der Waals surface area contributed by atoms with E-state index in [0.29, 0.717) is 26.2 Å². The fourth-order valence-corrected chi connectivity index (χ4v) is 3.19. The number of carbonyl (C=O) groups is 2. The van der Waals surface area contributed by atoms with Crippen LogP contribution in [0.5, 0.6) is 0 Å². The maximum absolute atomic E-state index is 12.2. The van der Waals surface area contributed by atoms with E-state index in [4.69, 9.17) is 4.74 Å². The molecule has 1 aliphatic rings. The number of amides is 2. The smallest absolute Gasteiger partial charge is 0.409 e.